The summed E-state index contributed by atoms with van der Waals surface area (Å²) < 4.78 is 6.17. The van der Waals surface area contributed by atoms with Crippen molar-refractivity contribution in [2.45, 2.75) is 97.3 Å². The molecule has 1 saturated carbocycles. The van der Waals surface area contributed by atoms with Gasteiger partial charge in [-0.3, -0.25) is 4.79 Å². The molecule has 1 aliphatic heterocycles. The highest BCUT2D eigenvalue weighted by atomic mass is 32.1. The van der Waals surface area contributed by atoms with Gasteiger partial charge in [0.15, 0.2) is 0 Å². The zero-order chi connectivity index (χ0) is 24.4. The van der Waals surface area contributed by atoms with Crippen LogP contribution in [0, 0.1) is 23.2 Å². The second-order valence-electron chi connectivity index (χ2n) is 10.7. The lowest BCUT2D eigenvalue weighted by Crippen LogP contribution is -2.62. The number of amides is 1. The summed E-state index contributed by atoms with van der Waals surface area (Å²) in [5.41, 5.74) is -0.887. The lowest BCUT2D eigenvalue weighted by Gasteiger charge is -2.47. The Kier molecular flexibility index (Phi) is 7.93. The minimum atomic E-state index is -1.10. The second-order valence-corrected chi connectivity index (χ2v) is 11.8. The van der Waals surface area contributed by atoms with Gasteiger partial charge in [-0.2, -0.15) is 0 Å². The summed E-state index contributed by atoms with van der Waals surface area (Å²) in [4.78, 5) is 28.6. The Bertz CT molecular complexity index is 929. The van der Waals surface area contributed by atoms with Crippen molar-refractivity contribution in [3.05, 3.63) is 15.8 Å². The molecule has 6 nitrogen and oxygen atoms in total. The van der Waals surface area contributed by atoms with E-state index in [0.29, 0.717) is 30.0 Å². The highest BCUT2D eigenvalue weighted by Gasteiger charge is 2.49. The number of carboxylic acids is 1. The number of rotatable bonds is 6. The molecule has 0 spiro atoms. The lowest BCUT2D eigenvalue weighted by molar-refractivity contribution is -0.154. The first-order valence-corrected chi connectivity index (χ1v) is 12.8. The van der Waals surface area contributed by atoms with Gasteiger partial charge in [0.05, 0.1) is 29.3 Å². The highest BCUT2D eigenvalue weighted by Crippen LogP contribution is 2.41. The Labute approximate surface area is 201 Å². The van der Waals surface area contributed by atoms with Gasteiger partial charge in [-0.1, -0.05) is 31.1 Å². The molecule has 2 fully saturated rings. The van der Waals surface area contributed by atoms with Crippen LogP contribution in [0.3, 0.4) is 0 Å². The van der Waals surface area contributed by atoms with Crippen LogP contribution in [0.15, 0.2) is 6.07 Å². The van der Waals surface area contributed by atoms with E-state index in [1.54, 1.807) is 24.8 Å². The molecular formula is C26H37NO5S. The standard InChI is InChI=1S/C26H37NO5S/c1-17(28)11-14-26(5)24(31)27(21(16-32-26)18-9-7-6-8-10-18)20-15-19(12-13-25(2,3)4)33-22(20)23(29)30/h15,17-18,21,28H,6-11,14,16H2,1-5H3,(H,29,30)/t17-,21+,26+/m1/s1. The van der Waals surface area contributed by atoms with Gasteiger partial charge < -0.3 is 19.8 Å². The number of aliphatic hydroxyl groups excluding tert-OH is 1. The van der Waals surface area contributed by atoms with E-state index in [2.05, 4.69) is 11.8 Å². The molecule has 0 radical (unpaired) electrons. The Morgan fingerprint density at radius 1 is 1.33 bits per heavy atom. The first kappa shape index (κ1) is 25.7. The van der Waals surface area contributed by atoms with Crippen LogP contribution in [-0.4, -0.2) is 46.4 Å². The quantitative estimate of drug-likeness (QED) is 0.561. The maximum Gasteiger partial charge on any atom is 0.348 e. The van der Waals surface area contributed by atoms with Crippen molar-refractivity contribution >= 4 is 28.9 Å². The first-order valence-electron chi connectivity index (χ1n) is 12.0. The summed E-state index contributed by atoms with van der Waals surface area (Å²) >= 11 is 1.12. The number of anilines is 1. The average molecular weight is 476 g/mol. The summed E-state index contributed by atoms with van der Waals surface area (Å²) in [7, 11) is 0. The summed E-state index contributed by atoms with van der Waals surface area (Å²) in [6.07, 6.45) is 5.69. The van der Waals surface area contributed by atoms with Gasteiger partial charge in [-0.05, 0) is 72.3 Å². The Balaban J connectivity index is 2.06. The largest absolute Gasteiger partial charge is 0.477 e. The van der Waals surface area contributed by atoms with Crippen LogP contribution in [0.1, 0.15) is 94.1 Å². The van der Waals surface area contributed by atoms with E-state index in [9.17, 15) is 19.8 Å². The molecule has 3 rings (SSSR count). The van der Waals surface area contributed by atoms with Crippen molar-refractivity contribution in [3.63, 3.8) is 0 Å². The molecule has 7 heteroatoms. The molecule has 2 heterocycles. The van der Waals surface area contributed by atoms with Gasteiger partial charge in [0.1, 0.15) is 10.5 Å². The van der Waals surface area contributed by atoms with E-state index in [-0.39, 0.29) is 28.2 Å². The number of hydrogen-bond acceptors (Lipinski definition) is 5. The van der Waals surface area contributed by atoms with E-state index < -0.39 is 17.7 Å². The number of carbonyl (C=O) groups is 2. The fourth-order valence-corrected chi connectivity index (χ4v) is 5.49. The zero-order valence-electron chi connectivity index (χ0n) is 20.4. The molecule has 33 heavy (non-hydrogen) atoms. The fraction of sp³-hybridized carbons (Fsp3) is 0.692. The Hall–Kier alpha value is -1.88. The average Bonchev–Trinajstić information content (AvgIpc) is 3.17. The van der Waals surface area contributed by atoms with Crippen LogP contribution < -0.4 is 4.90 Å². The van der Waals surface area contributed by atoms with Crippen molar-refractivity contribution in [2.75, 3.05) is 11.5 Å². The third-order valence-corrected chi connectivity index (χ3v) is 7.56. The van der Waals surface area contributed by atoms with Gasteiger partial charge >= 0.3 is 5.97 Å². The fourth-order valence-electron chi connectivity index (χ4n) is 4.65. The molecule has 1 aliphatic carbocycles. The molecule has 1 aromatic heterocycles. The molecule has 0 bridgehead atoms. The SMILES string of the molecule is C[C@@H](O)CC[C@]1(C)OC[C@@H](C2CCCCC2)N(c2cc(C#CC(C)(C)C)sc2C(=O)O)C1=O. The zero-order valence-corrected chi connectivity index (χ0v) is 21.3. The molecule has 3 atom stereocenters. The molecule has 0 aromatic carbocycles. The smallest absolute Gasteiger partial charge is 0.348 e. The number of aromatic carboxylic acids is 1. The monoisotopic (exact) mass is 475 g/mol. The Morgan fingerprint density at radius 2 is 2.00 bits per heavy atom. The van der Waals surface area contributed by atoms with Gasteiger partial charge in [0.25, 0.3) is 5.91 Å². The number of thiophene rings is 1. The molecule has 2 aliphatic rings. The van der Waals surface area contributed by atoms with Crippen LogP contribution >= 0.6 is 11.3 Å². The lowest BCUT2D eigenvalue weighted by atomic mass is 9.81. The molecule has 0 unspecified atom stereocenters. The van der Waals surface area contributed by atoms with Crippen molar-refractivity contribution in [2.24, 2.45) is 11.3 Å². The van der Waals surface area contributed by atoms with Crippen LogP contribution in [-0.2, 0) is 9.53 Å². The van der Waals surface area contributed by atoms with Gasteiger partial charge in [-0.15, -0.1) is 11.3 Å². The number of aliphatic hydroxyl groups is 1. The van der Waals surface area contributed by atoms with Gasteiger partial charge in [-0.25, -0.2) is 4.79 Å². The van der Waals surface area contributed by atoms with Crippen molar-refractivity contribution in [3.8, 4) is 11.8 Å². The Morgan fingerprint density at radius 3 is 2.58 bits per heavy atom. The predicted octanol–water partition coefficient (Wildman–Crippen LogP) is 5.08. The van der Waals surface area contributed by atoms with Gasteiger partial charge in [0.2, 0.25) is 0 Å². The first-order chi connectivity index (χ1) is 15.4. The number of nitrogens with zero attached hydrogens (tertiary/aromatic N) is 1. The molecule has 1 saturated heterocycles. The van der Waals surface area contributed by atoms with Crippen molar-refractivity contribution in [1.82, 2.24) is 0 Å². The number of hydrogen-bond donors (Lipinski definition) is 2. The summed E-state index contributed by atoms with van der Waals surface area (Å²) in [5.74, 6) is 5.28. The minimum absolute atomic E-state index is 0.141. The number of morpholine rings is 1. The van der Waals surface area contributed by atoms with Crippen molar-refractivity contribution < 1.29 is 24.5 Å². The molecule has 182 valence electrons. The van der Waals surface area contributed by atoms with Crippen LogP contribution in [0.2, 0.25) is 0 Å². The predicted molar refractivity (Wildman–Crippen MR) is 131 cm³/mol. The van der Waals surface area contributed by atoms with E-state index >= 15 is 0 Å². The van der Waals surface area contributed by atoms with Crippen LogP contribution in [0.5, 0.6) is 0 Å². The molecule has 1 aromatic rings. The summed E-state index contributed by atoms with van der Waals surface area (Å²) in [6.45, 7) is 9.83. The number of carboxylic acid groups (broad SMARTS) is 1. The van der Waals surface area contributed by atoms with Crippen LogP contribution in [0.25, 0.3) is 0 Å². The maximum absolute atomic E-state index is 13.9. The number of ether oxygens (including phenoxy) is 1. The molecular weight excluding hydrogens is 438 g/mol. The highest BCUT2D eigenvalue weighted by molar-refractivity contribution is 7.15. The third kappa shape index (κ3) is 6.17. The third-order valence-electron chi connectivity index (χ3n) is 6.54. The maximum atomic E-state index is 13.9. The van der Waals surface area contributed by atoms with E-state index in [1.165, 1.54) is 6.42 Å². The van der Waals surface area contributed by atoms with Crippen LogP contribution in [0.4, 0.5) is 5.69 Å². The summed E-state index contributed by atoms with van der Waals surface area (Å²) in [5, 5.41) is 19.8. The van der Waals surface area contributed by atoms with E-state index in [0.717, 1.165) is 37.0 Å². The van der Waals surface area contributed by atoms with Crippen molar-refractivity contribution in [1.29, 1.82) is 0 Å². The minimum Gasteiger partial charge on any atom is -0.477 e. The molecule has 1 amide bonds. The summed E-state index contributed by atoms with van der Waals surface area (Å²) in [6, 6.07) is 1.56. The van der Waals surface area contributed by atoms with Gasteiger partial charge in [0, 0.05) is 5.41 Å². The molecule has 2 N–H and O–H groups in total. The van der Waals surface area contributed by atoms with E-state index in [1.807, 2.05) is 20.8 Å². The number of carbonyl (C=O) groups excluding carboxylic acids is 1. The second kappa shape index (κ2) is 10.2. The normalized spacial score (nSPS) is 25.5. The van der Waals surface area contributed by atoms with E-state index in [4.69, 9.17) is 4.74 Å². The topological polar surface area (TPSA) is 87.1 Å².